The third kappa shape index (κ3) is 4.61. The molecular weight excluding hydrogens is 384 g/mol. The highest BCUT2D eigenvalue weighted by Crippen LogP contribution is 2.35. The molecule has 0 aromatic heterocycles. The molecule has 3 amide bonds. The van der Waals surface area contributed by atoms with Crippen LogP contribution in [-0.2, 0) is 36.8 Å². The van der Waals surface area contributed by atoms with Gasteiger partial charge in [-0.1, -0.05) is 44.2 Å². The van der Waals surface area contributed by atoms with Gasteiger partial charge in [-0.3, -0.25) is 24.1 Å². The Morgan fingerprint density at radius 1 is 1.03 bits per heavy atom. The fraction of sp³-hybridized carbons (Fsp3) is 0.478. The number of aryl methyl sites for hydroxylation is 2. The molecule has 7 heteroatoms. The van der Waals surface area contributed by atoms with Gasteiger partial charge < -0.3 is 10.1 Å². The Kier molecular flexibility index (Phi) is 7.03. The zero-order valence-electron chi connectivity index (χ0n) is 17.5. The minimum atomic E-state index is -0.613. The highest BCUT2D eigenvalue weighted by molar-refractivity contribution is 6.05. The van der Waals surface area contributed by atoms with E-state index in [2.05, 4.69) is 5.32 Å². The second kappa shape index (κ2) is 9.69. The predicted octanol–water partition coefficient (Wildman–Crippen LogP) is 2.63. The minimum absolute atomic E-state index is 0.0101. The van der Waals surface area contributed by atoms with E-state index in [4.69, 9.17) is 4.74 Å². The van der Waals surface area contributed by atoms with Crippen molar-refractivity contribution in [3.63, 3.8) is 0 Å². The van der Waals surface area contributed by atoms with Gasteiger partial charge in [0.2, 0.25) is 11.8 Å². The summed E-state index contributed by atoms with van der Waals surface area (Å²) in [5, 5.41) is 2.84. The molecule has 1 aromatic rings. The maximum absolute atomic E-state index is 12.4. The number of likely N-dealkylation sites (tertiary alicyclic amines) is 1. The van der Waals surface area contributed by atoms with Gasteiger partial charge in [-0.05, 0) is 36.8 Å². The van der Waals surface area contributed by atoms with Crippen LogP contribution >= 0.6 is 0 Å². The molecule has 30 heavy (non-hydrogen) atoms. The van der Waals surface area contributed by atoms with Crippen LogP contribution in [0, 0.1) is 11.8 Å². The first-order valence-electron chi connectivity index (χ1n) is 10.5. The summed E-state index contributed by atoms with van der Waals surface area (Å²) in [6.45, 7) is 3.61. The third-order valence-corrected chi connectivity index (χ3v) is 5.77. The average Bonchev–Trinajstić information content (AvgIpc) is 3.01. The molecule has 2 atom stereocenters. The zero-order valence-corrected chi connectivity index (χ0v) is 17.5. The number of allylic oxidation sites excluding steroid dienone is 2. The number of imide groups is 1. The Morgan fingerprint density at radius 3 is 2.13 bits per heavy atom. The maximum Gasteiger partial charge on any atom is 0.308 e. The zero-order chi connectivity index (χ0) is 21.7. The molecule has 3 rings (SSSR count). The Bertz CT molecular complexity index is 828. The maximum atomic E-state index is 12.4. The summed E-state index contributed by atoms with van der Waals surface area (Å²) in [5.74, 6) is -2.08. The van der Waals surface area contributed by atoms with Crippen molar-refractivity contribution < 1.29 is 23.9 Å². The fourth-order valence-corrected chi connectivity index (χ4v) is 4.09. The number of hydrogen-bond donors (Lipinski definition) is 1. The number of ether oxygens (including phenoxy) is 1. The van der Waals surface area contributed by atoms with E-state index in [0.717, 1.165) is 34.6 Å². The van der Waals surface area contributed by atoms with Crippen molar-refractivity contribution in [2.75, 3.05) is 18.5 Å². The van der Waals surface area contributed by atoms with Crippen LogP contribution in [0.2, 0.25) is 0 Å². The number of carbonyl (C=O) groups is 4. The summed E-state index contributed by atoms with van der Waals surface area (Å²) in [6, 6.07) is 5.87. The summed E-state index contributed by atoms with van der Waals surface area (Å²) in [7, 11) is 0. The number of amides is 3. The lowest BCUT2D eigenvalue weighted by molar-refractivity contribution is -0.148. The lowest BCUT2D eigenvalue weighted by Gasteiger charge is -2.15. The summed E-state index contributed by atoms with van der Waals surface area (Å²) in [4.78, 5) is 50.3. The van der Waals surface area contributed by atoms with Crippen molar-refractivity contribution in [1.29, 1.82) is 0 Å². The van der Waals surface area contributed by atoms with Crippen LogP contribution in [0.5, 0.6) is 0 Å². The molecule has 1 heterocycles. The molecule has 0 unspecified atom stereocenters. The SMILES string of the molecule is CCc1cccc(CC)c1NC(=O)COC(=O)CCN1C(=O)[C@H]2CC=CC[C@H]2C1=O. The number of nitrogens with one attached hydrogen (secondary N) is 1. The third-order valence-electron chi connectivity index (χ3n) is 5.77. The number of anilines is 1. The molecule has 7 nitrogen and oxygen atoms in total. The predicted molar refractivity (Wildman–Crippen MR) is 111 cm³/mol. The van der Waals surface area contributed by atoms with Crippen molar-refractivity contribution in [3.8, 4) is 0 Å². The van der Waals surface area contributed by atoms with Gasteiger partial charge >= 0.3 is 5.97 Å². The number of fused-ring (bicyclic) bond motifs is 1. The molecule has 1 aliphatic carbocycles. The molecule has 0 radical (unpaired) electrons. The van der Waals surface area contributed by atoms with Gasteiger partial charge in [-0.25, -0.2) is 0 Å². The first-order valence-corrected chi connectivity index (χ1v) is 10.5. The normalized spacial score (nSPS) is 20.3. The highest BCUT2D eigenvalue weighted by Gasteiger charge is 2.46. The number of benzene rings is 1. The van der Waals surface area contributed by atoms with E-state index < -0.39 is 18.5 Å². The van der Waals surface area contributed by atoms with Crippen molar-refractivity contribution in [2.45, 2.75) is 46.0 Å². The van der Waals surface area contributed by atoms with Gasteiger partial charge in [0, 0.05) is 12.2 Å². The molecule has 1 N–H and O–H groups in total. The van der Waals surface area contributed by atoms with Crippen LogP contribution in [0.4, 0.5) is 5.69 Å². The van der Waals surface area contributed by atoms with Crippen LogP contribution in [0.3, 0.4) is 0 Å². The molecule has 0 saturated carbocycles. The van der Waals surface area contributed by atoms with Gasteiger partial charge in [0.25, 0.3) is 5.91 Å². The monoisotopic (exact) mass is 412 g/mol. The second-order valence-corrected chi connectivity index (χ2v) is 7.60. The molecule has 160 valence electrons. The van der Waals surface area contributed by atoms with Crippen LogP contribution in [0.15, 0.2) is 30.4 Å². The Balaban J connectivity index is 1.48. The first kappa shape index (κ1) is 21.7. The van der Waals surface area contributed by atoms with Gasteiger partial charge in [0.15, 0.2) is 6.61 Å². The summed E-state index contributed by atoms with van der Waals surface area (Å²) in [6.07, 6.45) is 6.40. The summed E-state index contributed by atoms with van der Waals surface area (Å²) < 4.78 is 5.06. The number of nitrogens with zero attached hydrogens (tertiary/aromatic N) is 1. The molecule has 1 aromatic carbocycles. The standard InChI is InChI=1S/C23H28N2O5/c1-3-15-8-7-9-16(4-2)21(15)24-19(26)14-30-20(27)12-13-25-22(28)17-10-5-6-11-18(17)23(25)29/h5-9,17-18H,3-4,10-14H2,1-2H3,(H,24,26)/t17-,18+. The molecular formula is C23H28N2O5. The van der Waals surface area contributed by atoms with Crippen molar-refractivity contribution in [2.24, 2.45) is 11.8 Å². The topological polar surface area (TPSA) is 92.8 Å². The minimum Gasteiger partial charge on any atom is -0.456 e. The van der Waals surface area contributed by atoms with Crippen molar-refractivity contribution in [1.82, 2.24) is 4.90 Å². The second-order valence-electron chi connectivity index (χ2n) is 7.60. The Morgan fingerprint density at radius 2 is 1.60 bits per heavy atom. The van der Waals surface area contributed by atoms with Crippen LogP contribution < -0.4 is 5.32 Å². The van der Waals surface area contributed by atoms with E-state index in [-0.39, 0.29) is 36.6 Å². The Labute approximate surface area is 176 Å². The van der Waals surface area contributed by atoms with E-state index in [1.807, 2.05) is 44.2 Å². The Hall–Kier alpha value is -2.96. The van der Waals surface area contributed by atoms with E-state index in [9.17, 15) is 19.2 Å². The lowest BCUT2D eigenvalue weighted by atomic mass is 9.85. The van der Waals surface area contributed by atoms with Gasteiger partial charge in [0.05, 0.1) is 18.3 Å². The molecule has 1 saturated heterocycles. The first-order chi connectivity index (χ1) is 14.5. The molecule has 0 bridgehead atoms. The molecule has 0 spiro atoms. The number of para-hydroxylation sites is 1. The van der Waals surface area contributed by atoms with Gasteiger partial charge in [-0.15, -0.1) is 0 Å². The largest absolute Gasteiger partial charge is 0.456 e. The lowest BCUT2D eigenvalue weighted by Crippen LogP contribution is -2.33. The molecule has 2 aliphatic rings. The van der Waals surface area contributed by atoms with E-state index >= 15 is 0 Å². The van der Waals surface area contributed by atoms with Crippen LogP contribution in [-0.4, -0.2) is 41.7 Å². The van der Waals surface area contributed by atoms with Crippen LogP contribution in [0.1, 0.15) is 44.2 Å². The average molecular weight is 412 g/mol. The summed E-state index contributed by atoms with van der Waals surface area (Å²) in [5.41, 5.74) is 2.82. The van der Waals surface area contributed by atoms with E-state index in [1.165, 1.54) is 0 Å². The van der Waals surface area contributed by atoms with E-state index in [1.54, 1.807) is 0 Å². The number of hydrogen-bond acceptors (Lipinski definition) is 5. The summed E-state index contributed by atoms with van der Waals surface area (Å²) >= 11 is 0. The smallest absolute Gasteiger partial charge is 0.308 e. The van der Waals surface area contributed by atoms with Crippen molar-refractivity contribution >= 4 is 29.4 Å². The van der Waals surface area contributed by atoms with Crippen molar-refractivity contribution in [3.05, 3.63) is 41.5 Å². The molecule has 1 fully saturated rings. The quantitative estimate of drug-likeness (QED) is 0.403. The number of carbonyl (C=O) groups excluding carboxylic acids is 4. The fourth-order valence-electron chi connectivity index (χ4n) is 4.09. The van der Waals surface area contributed by atoms with Gasteiger partial charge in [0.1, 0.15) is 0 Å². The molecule has 1 aliphatic heterocycles. The highest BCUT2D eigenvalue weighted by atomic mass is 16.5. The number of esters is 1. The van der Waals surface area contributed by atoms with E-state index in [0.29, 0.717) is 12.8 Å². The van der Waals surface area contributed by atoms with Gasteiger partial charge in [-0.2, -0.15) is 0 Å². The number of rotatable bonds is 8. The van der Waals surface area contributed by atoms with Crippen LogP contribution in [0.25, 0.3) is 0 Å².